The van der Waals surface area contributed by atoms with Gasteiger partial charge in [-0.2, -0.15) is 4.99 Å². The van der Waals surface area contributed by atoms with Gasteiger partial charge < -0.3 is 34.9 Å². The Morgan fingerprint density at radius 2 is 1.48 bits per heavy atom. The molecule has 1 aromatic heterocycles. The Morgan fingerprint density at radius 3 is 2.08 bits per heavy atom. The number of hydrogen-bond donors (Lipinski definition) is 4. The summed E-state index contributed by atoms with van der Waals surface area (Å²) in [5, 5.41) is 11.0. The van der Waals surface area contributed by atoms with E-state index in [0.717, 1.165) is 29.1 Å². The van der Waals surface area contributed by atoms with Crippen LogP contribution in [0.1, 0.15) is 55.8 Å². The number of amidine groups is 1. The zero-order valence-electron chi connectivity index (χ0n) is 33.4. The zero-order chi connectivity index (χ0) is 42.6. The number of hydrogen-bond acceptors (Lipinski definition) is 12. The van der Waals surface area contributed by atoms with Crippen molar-refractivity contribution in [2.45, 2.75) is 38.9 Å². The summed E-state index contributed by atoms with van der Waals surface area (Å²) in [5.41, 5.74) is 10.2. The minimum absolute atomic E-state index is 0.0329. The number of nitrogens with zero attached hydrogens (tertiary/aromatic N) is 4. The van der Waals surface area contributed by atoms with Crippen molar-refractivity contribution in [1.82, 2.24) is 15.0 Å². The first-order chi connectivity index (χ1) is 28.9. The second-order valence-electron chi connectivity index (χ2n) is 13.8. The highest BCUT2D eigenvalue weighted by atomic mass is 31.2. The predicted molar refractivity (Wildman–Crippen MR) is 226 cm³/mol. The molecule has 4 aromatic carbocycles. The SMILES string of the molecule is CNC(=O)c1cn(COC(=O)c2ccc(COP(=O)(Cc3ccccc3)OCc3ccccc3)cc2)/c(=N/C(=O)C2CC2)cc1Nc1cccc(/C(N)=N/N(C)N)c1OC. The fraction of sp³-hybridized carbons (Fsp3) is 0.233. The first-order valence-corrected chi connectivity index (χ1v) is 20.7. The summed E-state index contributed by atoms with van der Waals surface area (Å²) in [6.45, 7) is -0.303. The maximum absolute atomic E-state index is 14.0. The van der Waals surface area contributed by atoms with Crippen molar-refractivity contribution in [3.05, 3.63) is 154 Å². The molecule has 1 fully saturated rings. The molecule has 6 N–H and O–H groups in total. The van der Waals surface area contributed by atoms with E-state index >= 15 is 0 Å². The van der Waals surface area contributed by atoms with Crippen molar-refractivity contribution >= 4 is 42.6 Å². The number of ether oxygens (including phenoxy) is 2. The van der Waals surface area contributed by atoms with Gasteiger partial charge >= 0.3 is 13.6 Å². The predicted octanol–water partition coefficient (Wildman–Crippen LogP) is 5.80. The average molecular weight is 835 g/mol. The number of nitrogens with two attached hydrogens (primary N) is 2. The van der Waals surface area contributed by atoms with Crippen LogP contribution in [0.5, 0.6) is 5.75 Å². The molecule has 1 aliphatic rings. The monoisotopic (exact) mass is 834 g/mol. The number of carbonyl (C=O) groups is 3. The Balaban J connectivity index is 1.20. The lowest BCUT2D eigenvalue weighted by molar-refractivity contribution is -0.119. The maximum Gasteiger partial charge on any atom is 0.339 e. The molecule has 1 saturated carbocycles. The van der Waals surface area contributed by atoms with Crippen molar-refractivity contribution in [3.63, 3.8) is 0 Å². The summed E-state index contributed by atoms with van der Waals surface area (Å²) in [4.78, 5) is 44.0. The van der Waals surface area contributed by atoms with E-state index < -0.39 is 19.5 Å². The normalized spacial score (nSPS) is 13.9. The van der Waals surface area contributed by atoms with Gasteiger partial charge in [-0.15, -0.1) is 5.10 Å². The number of pyridine rings is 1. The van der Waals surface area contributed by atoms with Crippen LogP contribution in [0.15, 0.2) is 125 Å². The van der Waals surface area contributed by atoms with E-state index in [2.05, 4.69) is 20.7 Å². The van der Waals surface area contributed by atoms with Crippen LogP contribution in [0.25, 0.3) is 0 Å². The van der Waals surface area contributed by atoms with E-state index in [4.69, 9.17) is 30.1 Å². The fourth-order valence-corrected chi connectivity index (χ4v) is 7.57. The summed E-state index contributed by atoms with van der Waals surface area (Å²) in [5.74, 6) is 4.38. The Bertz CT molecular complexity index is 2460. The topological polar surface area (TPSA) is 214 Å². The molecule has 2 amide bonds. The third-order valence-corrected chi connectivity index (χ3v) is 11.0. The number of esters is 1. The van der Waals surface area contributed by atoms with Gasteiger partial charge in [0.15, 0.2) is 18.3 Å². The summed E-state index contributed by atoms with van der Waals surface area (Å²) >= 11 is 0. The molecular formula is C43H47N8O8P. The molecule has 312 valence electrons. The highest BCUT2D eigenvalue weighted by molar-refractivity contribution is 7.52. The van der Waals surface area contributed by atoms with E-state index in [0.29, 0.717) is 22.6 Å². The fourth-order valence-electron chi connectivity index (χ4n) is 5.96. The van der Waals surface area contributed by atoms with Crippen molar-refractivity contribution < 1.29 is 37.5 Å². The number of methoxy groups -OCH3 is 1. The van der Waals surface area contributed by atoms with Gasteiger partial charge in [-0.3, -0.25) is 18.7 Å². The highest BCUT2D eigenvalue weighted by Gasteiger charge is 2.30. The van der Waals surface area contributed by atoms with Crippen molar-refractivity contribution in [3.8, 4) is 5.75 Å². The standard InChI is InChI=1S/C43H47N8O8P/c1-46-42(53)35-24-51(38(48-41(52)32-21-22-32)23-37(35)47-36-16-10-15-34(39(36)56-3)40(44)49-50(2)45)28-57-43(54)33-19-17-30(18-20-33)26-59-60(55,27-31-13-8-5-9-14-31)58-25-29-11-6-4-7-12-29/h4-20,23-24,32,47H,21-22,25-28,45H2,1-3H3,(H2,44,49)(H,46,53)/b48-38+. The van der Waals surface area contributed by atoms with Gasteiger partial charge in [0.2, 0.25) is 0 Å². The number of hydrazine groups is 1. The molecule has 1 atom stereocenters. The third kappa shape index (κ3) is 11.5. The number of amides is 2. The molecule has 6 rings (SSSR count). The van der Waals surface area contributed by atoms with Crippen LogP contribution in [0.2, 0.25) is 0 Å². The molecule has 1 unspecified atom stereocenters. The second-order valence-corrected chi connectivity index (χ2v) is 15.9. The van der Waals surface area contributed by atoms with Crippen LogP contribution in [-0.2, 0) is 49.3 Å². The Hall–Kier alpha value is -6.58. The minimum Gasteiger partial charge on any atom is -0.494 e. The second kappa shape index (κ2) is 19.9. The van der Waals surface area contributed by atoms with E-state index in [1.807, 2.05) is 60.7 Å². The van der Waals surface area contributed by atoms with Crippen LogP contribution >= 0.6 is 7.60 Å². The number of para-hydroxylation sites is 1. The summed E-state index contributed by atoms with van der Waals surface area (Å²) in [6.07, 6.45) is 2.96. The van der Waals surface area contributed by atoms with Gasteiger partial charge in [0.25, 0.3) is 11.8 Å². The minimum atomic E-state index is -3.60. The first kappa shape index (κ1) is 43.0. The lowest BCUT2D eigenvalue weighted by Crippen LogP contribution is -2.29. The Labute approximate surface area is 347 Å². The molecular weight excluding hydrogens is 787 g/mol. The molecule has 5 aromatic rings. The number of anilines is 2. The number of nitrogens with one attached hydrogen (secondary N) is 2. The van der Waals surface area contributed by atoms with Crippen molar-refractivity contribution in [1.29, 1.82) is 0 Å². The molecule has 60 heavy (non-hydrogen) atoms. The van der Waals surface area contributed by atoms with Crippen LogP contribution in [0.4, 0.5) is 11.4 Å². The van der Waals surface area contributed by atoms with Crippen LogP contribution in [0.3, 0.4) is 0 Å². The highest BCUT2D eigenvalue weighted by Crippen LogP contribution is 2.53. The molecule has 0 saturated heterocycles. The summed E-state index contributed by atoms with van der Waals surface area (Å²) in [7, 11) is 0.855. The molecule has 1 aliphatic carbocycles. The van der Waals surface area contributed by atoms with Crippen LogP contribution in [0, 0.1) is 5.92 Å². The number of hydrazone groups is 1. The molecule has 0 aliphatic heterocycles. The van der Waals surface area contributed by atoms with Gasteiger partial charge in [0, 0.05) is 32.3 Å². The smallest absolute Gasteiger partial charge is 0.339 e. The molecule has 16 nitrogen and oxygen atoms in total. The van der Waals surface area contributed by atoms with E-state index in [1.54, 1.807) is 42.5 Å². The first-order valence-electron chi connectivity index (χ1n) is 19.0. The number of rotatable bonds is 18. The van der Waals surface area contributed by atoms with E-state index in [9.17, 15) is 18.9 Å². The van der Waals surface area contributed by atoms with Gasteiger partial charge in [-0.1, -0.05) is 78.9 Å². The average Bonchev–Trinajstić information content (AvgIpc) is 4.11. The van der Waals surface area contributed by atoms with Crippen molar-refractivity contribution in [2.24, 2.45) is 27.6 Å². The van der Waals surface area contributed by atoms with Gasteiger partial charge in [-0.25, -0.2) is 15.8 Å². The van der Waals surface area contributed by atoms with E-state index in [-0.39, 0.29) is 66.1 Å². The number of carbonyl (C=O) groups excluding carboxylic acids is 3. The number of aromatic nitrogens is 1. The van der Waals surface area contributed by atoms with Gasteiger partial charge in [0.1, 0.15) is 5.49 Å². The van der Waals surface area contributed by atoms with E-state index in [1.165, 1.54) is 38.0 Å². The largest absolute Gasteiger partial charge is 0.494 e. The van der Waals surface area contributed by atoms with Crippen molar-refractivity contribution in [2.75, 3.05) is 26.5 Å². The molecule has 0 bridgehead atoms. The van der Waals surface area contributed by atoms with Gasteiger partial charge in [0.05, 0.1) is 54.6 Å². The summed E-state index contributed by atoms with van der Waals surface area (Å²) < 4.78 is 38.6. The van der Waals surface area contributed by atoms with Crippen LogP contribution in [-0.4, -0.2) is 54.5 Å². The molecule has 0 radical (unpaired) electrons. The quantitative estimate of drug-likeness (QED) is 0.0206. The van der Waals surface area contributed by atoms with Crippen LogP contribution < -0.4 is 32.4 Å². The maximum atomic E-state index is 14.0. The number of benzene rings is 4. The van der Waals surface area contributed by atoms with Gasteiger partial charge in [-0.05, 0) is 53.8 Å². The Kier molecular flexibility index (Phi) is 14.3. The molecule has 17 heteroatoms. The Morgan fingerprint density at radius 1 is 0.850 bits per heavy atom. The lowest BCUT2D eigenvalue weighted by atomic mass is 10.1. The third-order valence-electron chi connectivity index (χ3n) is 9.24. The summed E-state index contributed by atoms with van der Waals surface area (Å²) in [6, 6.07) is 31.9. The molecule has 0 spiro atoms. The lowest BCUT2D eigenvalue weighted by Gasteiger charge is -2.19. The zero-order valence-corrected chi connectivity index (χ0v) is 34.3. The molecule has 1 heterocycles.